The number of ether oxygens (including phenoxy) is 5. The molecule has 1 aromatic heterocycles. The van der Waals surface area contributed by atoms with Crippen molar-refractivity contribution in [1.29, 1.82) is 0 Å². The quantitative estimate of drug-likeness (QED) is 0.148. The highest BCUT2D eigenvalue weighted by Gasteiger charge is 2.61. The van der Waals surface area contributed by atoms with Crippen LogP contribution in [0.4, 0.5) is 15.3 Å². The Bertz CT molecular complexity index is 1950. The van der Waals surface area contributed by atoms with E-state index >= 15 is 0 Å². The van der Waals surface area contributed by atoms with Crippen LogP contribution in [0.15, 0.2) is 79.0 Å². The summed E-state index contributed by atoms with van der Waals surface area (Å²) in [4.78, 5) is 30.0. The molecule has 0 spiro atoms. The zero-order valence-electron chi connectivity index (χ0n) is 34.2. The van der Waals surface area contributed by atoms with Crippen LogP contribution in [-0.2, 0) is 35.4 Å². The van der Waals surface area contributed by atoms with Gasteiger partial charge in [0.15, 0.2) is 14.5 Å². The Morgan fingerprint density at radius 1 is 0.778 bits per heavy atom. The van der Waals surface area contributed by atoms with Gasteiger partial charge in [0.25, 0.3) is 0 Å². The maximum Gasteiger partial charge on any atom is 0.419 e. The largest absolute Gasteiger partial charge is 0.497 e. The number of fused-ring (bicyclic) bond motifs is 2. The lowest BCUT2D eigenvalue weighted by molar-refractivity contribution is -0.0757. The van der Waals surface area contributed by atoms with Gasteiger partial charge in [-0.1, -0.05) is 69.3 Å². The number of hydrogen-bond donors (Lipinski definition) is 0. The third kappa shape index (κ3) is 8.10. The van der Waals surface area contributed by atoms with Crippen molar-refractivity contribution in [3.8, 4) is 5.75 Å². The molecule has 0 saturated heterocycles. The Labute approximate surface area is 321 Å². The fourth-order valence-electron chi connectivity index (χ4n) is 6.78. The molecule has 0 saturated carbocycles. The molecule has 3 aromatic carbocycles. The van der Waals surface area contributed by atoms with Gasteiger partial charge >= 0.3 is 12.2 Å². The summed E-state index contributed by atoms with van der Waals surface area (Å²) in [6, 6.07) is 23.2. The first-order valence-electron chi connectivity index (χ1n) is 18.5. The van der Waals surface area contributed by atoms with Crippen LogP contribution in [-0.4, -0.2) is 69.4 Å². The van der Waals surface area contributed by atoms with Gasteiger partial charge in [-0.2, -0.15) is 0 Å². The van der Waals surface area contributed by atoms with Crippen LogP contribution < -0.4 is 9.64 Å². The highest BCUT2D eigenvalue weighted by atomic mass is 28.4. The highest BCUT2D eigenvalue weighted by molar-refractivity contribution is 6.74. The summed E-state index contributed by atoms with van der Waals surface area (Å²) in [5.74, 6) is 0.736. The molecule has 292 valence electrons. The molecule has 1 aliphatic heterocycles. The number of rotatable bonds is 10. The van der Waals surface area contributed by atoms with E-state index in [2.05, 4.69) is 33.9 Å². The SMILES string of the molecule is COc1ccc(CO[C@H](CO[Si](C)(C)C(C)(C)C)[C@]2(c3cn(C(=O)OC(C)(C)C)c4ccccc34)c3ccccc3N(C(=O)OC(C)(C)C)C2OC)cc1. The molecule has 54 heavy (non-hydrogen) atoms. The first-order valence-corrected chi connectivity index (χ1v) is 21.4. The molecule has 2 heterocycles. The normalized spacial score (nSPS) is 18.4. The van der Waals surface area contributed by atoms with E-state index < -0.39 is 49.5 Å². The van der Waals surface area contributed by atoms with E-state index in [-0.39, 0.29) is 18.3 Å². The van der Waals surface area contributed by atoms with E-state index in [9.17, 15) is 9.59 Å². The van der Waals surface area contributed by atoms with Crippen molar-refractivity contribution >= 4 is 37.1 Å². The average Bonchev–Trinajstić information content (AvgIpc) is 3.61. The van der Waals surface area contributed by atoms with E-state index in [0.29, 0.717) is 16.8 Å². The van der Waals surface area contributed by atoms with Gasteiger partial charge in [0, 0.05) is 18.7 Å². The third-order valence-corrected chi connectivity index (χ3v) is 14.8. The van der Waals surface area contributed by atoms with Gasteiger partial charge in [-0.25, -0.2) is 14.5 Å². The van der Waals surface area contributed by atoms with Crippen molar-refractivity contribution in [3.05, 3.63) is 95.7 Å². The lowest BCUT2D eigenvalue weighted by Gasteiger charge is -2.45. The summed E-state index contributed by atoms with van der Waals surface area (Å²) in [7, 11) is 0.841. The topological polar surface area (TPSA) is 97.7 Å². The summed E-state index contributed by atoms with van der Waals surface area (Å²) >= 11 is 0. The van der Waals surface area contributed by atoms with Gasteiger partial charge in [-0.05, 0) is 101 Å². The molecule has 10 nitrogen and oxygen atoms in total. The number of carbonyl (C=O) groups excluding carboxylic acids is 2. The van der Waals surface area contributed by atoms with Crippen LogP contribution >= 0.6 is 0 Å². The van der Waals surface area contributed by atoms with E-state index in [1.165, 1.54) is 0 Å². The fourth-order valence-corrected chi connectivity index (χ4v) is 7.78. The smallest absolute Gasteiger partial charge is 0.419 e. The number of benzene rings is 3. The molecule has 0 fully saturated rings. The van der Waals surface area contributed by atoms with Crippen molar-refractivity contribution in [2.24, 2.45) is 0 Å². The van der Waals surface area contributed by atoms with Crippen LogP contribution in [0.1, 0.15) is 79.0 Å². The molecular weight excluding hydrogens is 701 g/mol. The van der Waals surface area contributed by atoms with Gasteiger partial charge in [0.2, 0.25) is 0 Å². The molecule has 11 heteroatoms. The predicted molar refractivity (Wildman–Crippen MR) is 215 cm³/mol. The minimum atomic E-state index is -2.38. The Kier molecular flexibility index (Phi) is 11.5. The predicted octanol–water partition coefficient (Wildman–Crippen LogP) is 10.1. The van der Waals surface area contributed by atoms with Crippen molar-refractivity contribution < 1.29 is 37.7 Å². The Morgan fingerprint density at radius 3 is 1.96 bits per heavy atom. The van der Waals surface area contributed by atoms with Crippen LogP contribution in [0, 0.1) is 0 Å². The minimum Gasteiger partial charge on any atom is -0.497 e. The fraction of sp³-hybridized carbons (Fsp3) is 0.488. The number of methoxy groups -OCH3 is 2. The third-order valence-electron chi connectivity index (χ3n) is 10.3. The van der Waals surface area contributed by atoms with E-state index in [4.69, 9.17) is 28.1 Å². The number of nitrogens with zero attached hydrogens (tertiary/aromatic N) is 2. The van der Waals surface area contributed by atoms with Crippen LogP contribution in [0.5, 0.6) is 5.75 Å². The minimum absolute atomic E-state index is 0.107. The monoisotopic (exact) mass is 758 g/mol. The van der Waals surface area contributed by atoms with Gasteiger partial charge in [0.05, 0.1) is 43.0 Å². The molecule has 0 N–H and O–H groups in total. The van der Waals surface area contributed by atoms with Gasteiger partial charge in [0.1, 0.15) is 17.0 Å². The lowest BCUT2D eigenvalue weighted by atomic mass is 9.70. The average molecular weight is 759 g/mol. The van der Waals surface area contributed by atoms with E-state index in [1.807, 2.05) is 121 Å². The number of anilines is 1. The number of para-hydroxylation sites is 2. The first-order chi connectivity index (χ1) is 25.1. The summed E-state index contributed by atoms with van der Waals surface area (Å²) in [5.41, 5.74) is 0.859. The molecule has 0 aliphatic carbocycles. The second-order valence-corrected chi connectivity index (χ2v) is 22.3. The van der Waals surface area contributed by atoms with Crippen LogP contribution in [0.3, 0.4) is 0 Å². The van der Waals surface area contributed by atoms with E-state index in [0.717, 1.165) is 22.3 Å². The van der Waals surface area contributed by atoms with Crippen molar-refractivity contribution in [2.75, 3.05) is 25.7 Å². The van der Waals surface area contributed by atoms with Crippen LogP contribution in [0.25, 0.3) is 10.9 Å². The molecule has 1 amide bonds. The van der Waals surface area contributed by atoms with Crippen molar-refractivity contribution in [3.63, 3.8) is 0 Å². The summed E-state index contributed by atoms with van der Waals surface area (Å²) in [6.07, 6.45) is -1.04. The van der Waals surface area contributed by atoms with Gasteiger partial charge in [-0.3, -0.25) is 4.57 Å². The number of carbonyl (C=O) groups is 2. The van der Waals surface area contributed by atoms with Gasteiger partial charge in [-0.15, -0.1) is 0 Å². The summed E-state index contributed by atoms with van der Waals surface area (Å²) in [6.45, 7) is 22.4. The number of aromatic nitrogens is 1. The second-order valence-electron chi connectivity index (χ2n) is 17.5. The maximum atomic E-state index is 14.4. The Morgan fingerprint density at radius 2 is 1.37 bits per heavy atom. The molecule has 1 unspecified atom stereocenters. The van der Waals surface area contributed by atoms with Crippen LogP contribution in [0.2, 0.25) is 18.1 Å². The van der Waals surface area contributed by atoms with Gasteiger partial charge < -0.3 is 28.1 Å². The Balaban J connectivity index is 1.84. The van der Waals surface area contributed by atoms with Crippen molar-refractivity contribution in [1.82, 2.24) is 4.57 Å². The number of hydrogen-bond acceptors (Lipinski definition) is 8. The standard InChI is InChI=1S/C43H58N2O8Si/c1-40(2,3)52-38(46)44-26-33(31-18-14-16-20-34(31)44)43(32-19-15-17-21-35(32)45(37(43)49-11)39(47)53-41(4,5)6)36(28-51-54(12,13)42(7,8)9)50-27-29-22-24-30(48-10)25-23-29/h14-26,36-37H,27-28H2,1-13H3/t36-,37?,43-/m1/s1. The lowest BCUT2D eigenvalue weighted by Crippen LogP contribution is -2.58. The molecule has 0 bridgehead atoms. The molecular formula is C43H58N2O8Si. The Hall–Kier alpha value is -4.16. The second kappa shape index (κ2) is 15.2. The summed E-state index contributed by atoms with van der Waals surface area (Å²) < 4.78 is 39.7. The zero-order valence-corrected chi connectivity index (χ0v) is 35.2. The molecule has 0 radical (unpaired) electrons. The summed E-state index contributed by atoms with van der Waals surface area (Å²) in [5, 5.41) is 0.668. The first kappa shape index (κ1) is 41.0. The van der Waals surface area contributed by atoms with Crippen molar-refractivity contribution in [2.45, 2.75) is 116 Å². The molecule has 1 aliphatic rings. The molecule has 3 atom stereocenters. The molecule has 5 rings (SSSR count). The highest BCUT2D eigenvalue weighted by Crippen LogP contribution is 2.55. The van der Waals surface area contributed by atoms with E-state index in [1.54, 1.807) is 23.7 Å². The maximum absolute atomic E-state index is 14.4. The zero-order chi connectivity index (χ0) is 39.9. The number of amides is 1. The molecule has 4 aromatic rings.